The summed E-state index contributed by atoms with van der Waals surface area (Å²) >= 11 is 0. The van der Waals surface area contributed by atoms with Crippen LogP contribution in [0.25, 0.3) is 0 Å². The molecule has 16 heavy (non-hydrogen) atoms. The van der Waals surface area contributed by atoms with Crippen LogP contribution < -0.4 is 5.32 Å². The van der Waals surface area contributed by atoms with E-state index in [1.807, 2.05) is 6.92 Å². The van der Waals surface area contributed by atoms with Gasteiger partial charge in [0.2, 0.25) is 0 Å². The van der Waals surface area contributed by atoms with Crippen molar-refractivity contribution in [2.45, 2.75) is 46.6 Å². The number of hydrogen-bond acceptors (Lipinski definition) is 3. The maximum Gasteiger partial charge on any atom is 0.151 e. The van der Waals surface area contributed by atoms with Crippen molar-refractivity contribution >= 4 is 9.84 Å². The minimum atomic E-state index is -2.85. The normalized spacial score (nSPS) is 21.1. The topological polar surface area (TPSA) is 46.2 Å². The molecule has 0 amide bonds. The van der Waals surface area contributed by atoms with Crippen LogP contribution in [0.1, 0.15) is 40.5 Å². The molecule has 1 aliphatic carbocycles. The lowest BCUT2D eigenvalue weighted by atomic mass is 9.92. The van der Waals surface area contributed by atoms with E-state index in [9.17, 15) is 8.42 Å². The SMILES string of the molecule is CCS(=O)(=O)CC(C)NCC1(C(C)C)CC1. The van der Waals surface area contributed by atoms with Crippen molar-refractivity contribution in [1.29, 1.82) is 0 Å². The van der Waals surface area contributed by atoms with Gasteiger partial charge in [-0.25, -0.2) is 8.42 Å². The lowest BCUT2D eigenvalue weighted by Gasteiger charge is -2.23. The second-order valence-corrected chi connectivity index (χ2v) is 7.90. The molecular formula is C12H25NO2S. The first-order valence-electron chi connectivity index (χ1n) is 6.25. The van der Waals surface area contributed by atoms with Crippen LogP contribution in [0.5, 0.6) is 0 Å². The molecular weight excluding hydrogens is 222 g/mol. The van der Waals surface area contributed by atoms with Crippen LogP contribution in [0.15, 0.2) is 0 Å². The van der Waals surface area contributed by atoms with Gasteiger partial charge in [0, 0.05) is 18.3 Å². The van der Waals surface area contributed by atoms with Gasteiger partial charge in [-0.15, -0.1) is 0 Å². The van der Waals surface area contributed by atoms with E-state index < -0.39 is 9.84 Å². The van der Waals surface area contributed by atoms with Gasteiger partial charge in [0.25, 0.3) is 0 Å². The van der Waals surface area contributed by atoms with Gasteiger partial charge in [0.05, 0.1) is 5.75 Å². The van der Waals surface area contributed by atoms with Gasteiger partial charge in [0.1, 0.15) is 0 Å². The fourth-order valence-electron chi connectivity index (χ4n) is 2.05. The molecule has 0 bridgehead atoms. The fraction of sp³-hybridized carbons (Fsp3) is 1.00. The zero-order valence-electron chi connectivity index (χ0n) is 10.9. The van der Waals surface area contributed by atoms with Crippen molar-refractivity contribution in [3.05, 3.63) is 0 Å². The van der Waals surface area contributed by atoms with Crippen molar-refractivity contribution in [2.24, 2.45) is 11.3 Å². The molecule has 0 radical (unpaired) electrons. The summed E-state index contributed by atoms with van der Waals surface area (Å²) < 4.78 is 22.9. The van der Waals surface area contributed by atoms with E-state index in [1.54, 1.807) is 6.92 Å². The molecule has 3 nitrogen and oxygen atoms in total. The van der Waals surface area contributed by atoms with E-state index in [0.717, 1.165) is 6.54 Å². The highest BCUT2D eigenvalue weighted by molar-refractivity contribution is 7.91. The predicted molar refractivity (Wildman–Crippen MR) is 68.3 cm³/mol. The fourth-order valence-corrected chi connectivity index (χ4v) is 3.17. The van der Waals surface area contributed by atoms with Gasteiger partial charge in [-0.2, -0.15) is 0 Å². The first-order chi connectivity index (χ1) is 7.31. The second kappa shape index (κ2) is 5.05. The number of sulfone groups is 1. The minimum Gasteiger partial charge on any atom is -0.313 e. The van der Waals surface area contributed by atoms with Crippen molar-refractivity contribution in [1.82, 2.24) is 5.32 Å². The maximum absolute atomic E-state index is 11.4. The molecule has 0 heterocycles. The Balaban J connectivity index is 2.34. The molecule has 0 aromatic heterocycles. The third-order valence-electron chi connectivity index (χ3n) is 3.86. The van der Waals surface area contributed by atoms with Crippen LogP contribution in [-0.4, -0.2) is 32.5 Å². The molecule has 1 N–H and O–H groups in total. The summed E-state index contributed by atoms with van der Waals surface area (Å²) in [5, 5.41) is 3.38. The highest BCUT2D eigenvalue weighted by Crippen LogP contribution is 2.51. The molecule has 0 aliphatic heterocycles. The standard InChI is InChI=1S/C12H25NO2S/c1-5-16(14,15)8-11(4)13-9-12(6-7-12)10(2)3/h10-11,13H,5-9H2,1-4H3. The lowest BCUT2D eigenvalue weighted by Crippen LogP contribution is -2.38. The molecule has 4 heteroatoms. The molecule has 1 saturated carbocycles. The van der Waals surface area contributed by atoms with Crippen LogP contribution in [0.4, 0.5) is 0 Å². The van der Waals surface area contributed by atoms with Crippen LogP contribution >= 0.6 is 0 Å². The smallest absolute Gasteiger partial charge is 0.151 e. The molecule has 0 saturated heterocycles. The summed E-state index contributed by atoms with van der Waals surface area (Å²) in [6.07, 6.45) is 2.57. The number of nitrogens with one attached hydrogen (secondary N) is 1. The van der Waals surface area contributed by atoms with Crippen molar-refractivity contribution in [3.8, 4) is 0 Å². The quantitative estimate of drug-likeness (QED) is 0.746. The summed E-state index contributed by atoms with van der Waals surface area (Å²) in [5.74, 6) is 1.20. The van der Waals surface area contributed by atoms with Crippen LogP contribution in [0, 0.1) is 11.3 Å². The Morgan fingerprint density at radius 1 is 1.25 bits per heavy atom. The molecule has 1 atom stereocenters. The second-order valence-electron chi connectivity index (χ2n) is 5.50. The van der Waals surface area contributed by atoms with Crippen LogP contribution in [-0.2, 0) is 9.84 Å². The summed E-state index contributed by atoms with van der Waals surface area (Å²) in [6, 6.07) is 0.0705. The van der Waals surface area contributed by atoms with Crippen LogP contribution in [0.2, 0.25) is 0 Å². The molecule has 0 aromatic carbocycles. The van der Waals surface area contributed by atoms with E-state index in [4.69, 9.17) is 0 Å². The number of rotatable bonds is 7. The maximum atomic E-state index is 11.4. The first-order valence-corrected chi connectivity index (χ1v) is 8.07. The highest BCUT2D eigenvalue weighted by atomic mass is 32.2. The highest BCUT2D eigenvalue weighted by Gasteiger charge is 2.44. The van der Waals surface area contributed by atoms with Crippen LogP contribution in [0.3, 0.4) is 0 Å². The van der Waals surface area contributed by atoms with E-state index in [-0.39, 0.29) is 17.5 Å². The first kappa shape index (κ1) is 14.0. The molecule has 1 fully saturated rings. The summed E-state index contributed by atoms with van der Waals surface area (Å²) in [6.45, 7) is 9.14. The van der Waals surface area contributed by atoms with Crippen molar-refractivity contribution < 1.29 is 8.42 Å². The number of hydrogen-bond donors (Lipinski definition) is 1. The summed E-state index contributed by atoms with van der Waals surface area (Å²) in [4.78, 5) is 0. The molecule has 0 aromatic rings. The zero-order valence-corrected chi connectivity index (χ0v) is 11.7. The Labute approximate surface area is 99.9 Å². The average Bonchev–Trinajstić information content (AvgIpc) is 2.95. The third kappa shape index (κ3) is 3.74. The minimum absolute atomic E-state index is 0.0705. The monoisotopic (exact) mass is 247 g/mol. The molecule has 1 unspecified atom stereocenters. The lowest BCUT2D eigenvalue weighted by molar-refractivity contribution is 0.328. The van der Waals surface area contributed by atoms with Gasteiger partial charge in [-0.1, -0.05) is 20.8 Å². The Kier molecular flexibility index (Phi) is 4.41. The Hall–Kier alpha value is -0.0900. The van der Waals surface area contributed by atoms with E-state index >= 15 is 0 Å². The Morgan fingerprint density at radius 2 is 1.81 bits per heavy atom. The predicted octanol–water partition coefficient (Wildman–Crippen LogP) is 1.84. The summed E-state index contributed by atoms with van der Waals surface area (Å²) in [7, 11) is -2.85. The molecule has 1 aliphatic rings. The van der Waals surface area contributed by atoms with E-state index in [1.165, 1.54) is 12.8 Å². The zero-order chi connectivity index (χ0) is 12.4. The van der Waals surface area contributed by atoms with Crippen molar-refractivity contribution in [3.63, 3.8) is 0 Å². The van der Waals surface area contributed by atoms with E-state index in [2.05, 4.69) is 19.2 Å². The van der Waals surface area contributed by atoms with Gasteiger partial charge in [-0.3, -0.25) is 0 Å². The van der Waals surface area contributed by atoms with Crippen molar-refractivity contribution in [2.75, 3.05) is 18.1 Å². The Bertz CT molecular complexity index is 318. The molecule has 0 spiro atoms. The van der Waals surface area contributed by atoms with E-state index in [0.29, 0.717) is 11.3 Å². The Morgan fingerprint density at radius 3 is 2.19 bits per heavy atom. The van der Waals surface area contributed by atoms with Gasteiger partial charge in [-0.05, 0) is 31.1 Å². The third-order valence-corrected chi connectivity index (χ3v) is 5.75. The molecule has 96 valence electrons. The largest absolute Gasteiger partial charge is 0.313 e. The average molecular weight is 247 g/mol. The molecule has 1 rings (SSSR count). The summed E-state index contributed by atoms with van der Waals surface area (Å²) in [5.41, 5.74) is 0.449. The van der Waals surface area contributed by atoms with Gasteiger partial charge < -0.3 is 5.32 Å². The van der Waals surface area contributed by atoms with Gasteiger partial charge >= 0.3 is 0 Å². The van der Waals surface area contributed by atoms with Gasteiger partial charge in [0.15, 0.2) is 9.84 Å².